The summed E-state index contributed by atoms with van der Waals surface area (Å²) in [5.41, 5.74) is 0.461. The highest BCUT2D eigenvalue weighted by atomic mass is 19.1. The molecule has 7 heteroatoms. The number of carbonyl (C=O) groups is 4. The number of hydrogen-bond donors (Lipinski definition) is 2. The Balaban J connectivity index is 1.89. The predicted octanol–water partition coefficient (Wildman–Crippen LogP) is 1.53. The molecule has 0 bridgehead atoms. The second-order valence-corrected chi connectivity index (χ2v) is 4.83. The Morgan fingerprint density at radius 2 is 1.61 bits per heavy atom. The molecule has 2 aromatic rings. The van der Waals surface area contributed by atoms with Gasteiger partial charge in [-0.1, -0.05) is 0 Å². The van der Waals surface area contributed by atoms with E-state index in [2.05, 4.69) is 5.32 Å². The molecule has 2 aromatic carbocycles. The number of hydrogen-bond acceptors (Lipinski definition) is 4. The van der Waals surface area contributed by atoms with Crippen LogP contribution in [-0.4, -0.2) is 23.5 Å². The number of carbonyl (C=O) groups excluding carboxylic acids is 4. The summed E-state index contributed by atoms with van der Waals surface area (Å²) in [5, 5.41) is 4.45. The van der Waals surface area contributed by atoms with Crippen molar-refractivity contribution in [1.82, 2.24) is 5.32 Å². The summed E-state index contributed by atoms with van der Waals surface area (Å²) in [6.07, 6.45) is 0. The Morgan fingerprint density at radius 3 is 2.30 bits per heavy atom. The Bertz CT molecular complexity index is 859. The van der Waals surface area contributed by atoms with Crippen LogP contribution in [0.25, 0.3) is 0 Å². The lowest BCUT2D eigenvalue weighted by molar-refractivity contribution is -0.116. The van der Waals surface area contributed by atoms with Gasteiger partial charge in [-0.25, -0.2) is 4.39 Å². The fraction of sp³-hybridized carbons (Fsp3) is 0. The molecule has 0 saturated heterocycles. The molecule has 114 valence electrons. The summed E-state index contributed by atoms with van der Waals surface area (Å²) in [5.74, 6) is -3.50. The van der Waals surface area contributed by atoms with Crippen LogP contribution in [0.15, 0.2) is 42.5 Å². The molecular formula is C16H9FN2O4. The SMILES string of the molecule is O=C1NC(=O)c2ccc(NC(=O)c3ccc(F)cc3)cc2C1=O. The molecule has 0 aromatic heterocycles. The van der Waals surface area contributed by atoms with Crippen molar-refractivity contribution in [1.29, 1.82) is 0 Å². The van der Waals surface area contributed by atoms with Crippen LogP contribution >= 0.6 is 0 Å². The predicted molar refractivity (Wildman–Crippen MR) is 77.6 cm³/mol. The number of nitrogens with one attached hydrogen (secondary N) is 2. The van der Waals surface area contributed by atoms with Crippen LogP contribution in [0.4, 0.5) is 10.1 Å². The van der Waals surface area contributed by atoms with Gasteiger partial charge >= 0.3 is 0 Å². The zero-order valence-corrected chi connectivity index (χ0v) is 11.6. The summed E-state index contributed by atoms with van der Waals surface area (Å²) in [6, 6.07) is 8.95. The highest BCUT2D eigenvalue weighted by molar-refractivity contribution is 6.49. The van der Waals surface area contributed by atoms with Crippen LogP contribution in [0.2, 0.25) is 0 Å². The summed E-state index contributed by atoms with van der Waals surface area (Å²) >= 11 is 0. The molecule has 6 nitrogen and oxygen atoms in total. The third-order valence-electron chi connectivity index (χ3n) is 3.31. The van der Waals surface area contributed by atoms with Gasteiger partial charge in [0.05, 0.1) is 5.56 Å². The first-order valence-electron chi connectivity index (χ1n) is 6.56. The molecule has 3 rings (SSSR count). The molecule has 2 N–H and O–H groups in total. The Hall–Kier alpha value is -3.35. The number of Topliss-reactive ketones (excluding diaryl/α,β-unsaturated/α-hetero) is 1. The second-order valence-electron chi connectivity index (χ2n) is 4.83. The van der Waals surface area contributed by atoms with Gasteiger partial charge in [-0.15, -0.1) is 0 Å². The van der Waals surface area contributed by atoms with E-state index < -0.39 is 29.3 Å². The van der Waals surface area contributed by atoms with E-state index in [-0.39, 0.29) is 22.4 Å². The second kappa shape index (κ2) is 5.45. The van der Waals surface area contributed by atoms with Crippen molar-refractivity contribution >= 4 is 29.2 Å². The number of rotatable bonds is 2. The first kappa shape index (κ1) is 14.6. The fourth-order valence-electron chi connectivity index (χ4n) is 2.16. The van der Waals surface area contributed by atoms with Crippen LogP contribution in [0.3, 0.4) is 0 Å². The topological polar surface area (TPSA) is 92.3 Å². The molecule has 0 atom stereocenters. The zero-order chi connectivity index (χ0) is 16.6. The van der Waals surface area contributed by atoms with E-state index in [1.54, 1.807) is 0 Å². The molecule has 0 radical (unpaired) electrons. The van der Waals surface area contributed by atoms with Gasteiger partial charge in [0.1, 0.15) is 5.82 Å². The quantitative estimate of drug-likeness (QED) is 0.650. The average molecular weight is 312 g/mol. The first-order chi connectivity index (χ1) is 11.0. The van der Waals surface area contributed by atoms with Gasteiger partial charge in [-0.2, -0.15) is 0 Å². The minimum absolute atomic E-state index is 0.0642. The molecule has 0 aliphatic carbocycles. The molecule has 1 aliphatic heterocycles. The van der Waals surface area contributed by atoms with E-state index in [9.17, 15) is 23.6 Å². The van der Waals surface area contributed by atoms with E-state index in [0.717, 1.165) is 12.1 Å². The van der Waals surface area contributed by atoms with Gasteiger partial charge < -0.3 is 5.32 Å². The van der Waals surface area contributed by atoms with E-state index in [0.29, 0.717) is 0 Å². The molecule has 23 heavy (non-hydrogen) atoms. The largest absolute Gasteiger partial charge is 0.322 e. The van der Waals surface area contributed by atoms with E-state index in [1.807, 2.05) is 5.32 Å². The maximum atomic E-state index is 12.8. The Kier molecular flexibility index (Phi) is 3.46. The van der Waals surface area contributed by atoms with Crippen molar-refractivity contribution in [2.45, 2.75) is 0 Å². The first-order valence-corrected chi connectivity index (χ1v) is 6.56. The minimum Gasteiger partial charge on any atom is -0.322 e. The van der Waals surface area contributed by atoms with Gasteiger partial charge in [0.2, 0.25) is 0 Å². The summed E-state index contributed by atoms with van der Waals surface area (Å²) in [7, 11) is 0. The highest BCUT2D eigenvalue weighted by Crippen LogP contribution is 2.20. The van der Waals surface area contributed by atoms with Crippen LogP contribution in [0, 0.1) is 5.82 Å². The number of anilines is 1. The third kappa shape index (κ3) is 2.71. The monoisotopic (exact) mass is 312 g/mol. The van der Waals surface area contributed by atoms with Gasteiger partial charge in [0.15, 0.2) is 0 Å². The van der Waals surface area contributed by atoms with Crippen LogP contribution < -0.4 is 10.6 Å². The maximum absolute atomic E-state index is 12.8. The van der Waals surface area contributed by atoms with E-state index >= 15 is 0 Å². The third-order valence-corrected chi connectivity index (χ3v) is 3.31. The molecular weight excluding hydrogens is 303 g/mol. The number of amides is 3. The normalized spacial score (nSPS) is 13.3. The van der Waals surface area contributed by atoms with Crippen molar-refractivity contribution in [3.8, 4) is 0 Å². The van der Waals surface area contributed by atoms with Crippen molar-refractivity contribution in [2.24, 2.45) is 0 Å². The average Bonchev–Trinajstić information content (AvgIpc) is 2.53. The van der Waals surface area contributed by atoms with Crippen molar-refractivity contribution < 1.29 is 23.6 Å². The molecule has 1 heterocycles. The summed E-state index contributed by atoms with van der Waals surface area (Å²) < 4.78 is 12.8. The number of halogens is 1. The molecule has 0 fully saturated rings. The number of imide groups is 1. The molecule has 0 spiro atoms. The van der Waals surface area contributed by atoms with Gasteiger partial charge in [-0.3, -0.25) is 24.5 Å². The van der Waals surface area contributed by atoms with Gasteiger partial charge in [0, 0.05) is 16.8 Å². The van der Waals surface area contributed by atoms with Crippen LogP contribution in [0.1, 0.15) is 31.1 Å². The lowest BCUT2D eigenvalue weighted by Crippen LogP contribution is -2.42. The Morgan fingerprint density at radius 1 is 0.913 bits per heavy atom. The smallest absolute Gasteiger partial charge is 0.299 e. The lowest BCUT2D eigenvalue weighted by Gasteiger charge is -2.15. The number of ketones is 1. The van der Waals surface area contributed by atoms with E-state index in [1.165, 1.54) is 30.3 Å². The standard InChI is InChI=1S/C16H9FN2O4/c17-9-3-1-8(2-4-9)14(21)18-10-5-6-11-12(7-10)13(20)16(23)19-15(11)22/h1-7H,(H,18,21)(H,19,22,23). The molecule has 0 unspecified atom stereocenters. The zero-order valence-electron chi connectivity index (χ0n) is 11.6. The number of fused-ring (bicyclic) bond motifs is 1. The molecule has 0 saturated carbocycles. The lowest BCUT2D eigenvalue weighted by atomic mass is 9.98. The van der Waals surface area contributed by atoms with Crippen LogP contribution in [0.5, 0.6) is 0 Å². The highest BCUT2D eigenvalue weighted by Gasteiger charge is 2.30. The number of benzene rings is 2. The van der Waals surface area contributed by atoms with Crippen molar-refractivity contribution in [3.05, 3.63) is 65.0 Å². The van der Waals surface area contributed by atoms with Crippen molar-refractivity contribution in [3.63, 3.8) is 0 Å². The minimum atomic E-state index is -1.01. The fourth-order valence-corrected chi connectivity index (χ4v) is 2.16. The Labute approximate surface area is 129 Å². The van der Waals surface area contributed by atoms with E-state index in [4.69, 9.17) is 0 Å². The summed E-state index contributed by atoms with van der Waals surface area (Å²) in [4.78, 5) is 46.8. The van der Waals surface area contributed by atoms with Crippen molar-refractivity contribution in [2.75, 3.05) is 5.32 Å². The maximum Gasteiger partial charge on any atom is 0.299 e. The summed E-state index contributed by atoms with van der Waals surface area (Å²) in [6.45, 7) is 0. The van der Waals surface area contributed by atoms with Gasteiger partial charge in [-0.05, 0) is 42.5 Å². The molecule has 1 aliphatic rings. The molecule has 3 amide bonds. The van der Waals surface area contributed by atoms with Crippen LogP contribution in [-0.2, 0) is 4.79 Å². The van der Waals surface area contributed by atoms with Gasteiger partial charge in [0.25, 0.3) is 23.5 Å².